The number of carboxylic acids is 1. The highest BCUT2D eigenvalue weighted by Gasteiger charge is 2.25. The average Bonchev–Trinajstić information content (AvgIpc) is 2.43. The predicted octanol–water partition coefficient (Wildman–Crippen LogP) is 1.98. The number of carbonyl (C=O) groups excluding carboxylic acids is 1. The van der Waals surface area contributed by atoms with Gasteiger partial charge in [-0.05, 0) is 24.1 Å². The molecule has 0 fully saturated rings. The van der Waals surface area contributed by atoms with Crippen molar-refractivity contribution in [2.45, 2.75) is 26.3 Å². The van der Waals surface area contributed by atoms with Crippen molar-refractivity contribution in [3.8, 4) is 0 Å². The van der Waals surface area contributed by atoms with E-state index < -0.39 is 12.0 Å². The van der Waals surface area contributed by atoms with E-state index in [4.69, 9.17) is 0 Å². The van der Waals surface area contributed by atoms with Gasteiger partial charge in [0.2, 0.25) is 0 Å². The zero-order valence-electron chi connectivity index (χ0n) is 12.4. The van der Waals surface area contributed by atoms with E-state index in [1.165, 1.54) is 0 Å². The summed E-state index contributed by atoms with van der Waals surface area (Å²) in [6.07, 6.45) is 0.689. The Labute approximate surface area is 119 Å². The molecule has 2 N–H and O–H groups in total. The summed E-state index contributed by atoms with van der Waals surface area (Å²) in [7, 11) is 3.77. The molecule has 0 saturated carbocycles. The Kier molecular flexibility index (Phi) is 5.55. The van der Waals surface area contributed by atoms with Gasteiger partial charge in [0.25, 0.3) is 5.91 Å². The minimum absolute atomic E-state index is 0.117. The van der Waals surface area contributed by atoms with Crippen LogP contribution in [-0.2, 0) is 4.79 Å². The molecule has 20 heavy (non-hydrogen) atoms. The van der Waals surface area contributed by atoms with Gasteiger partial charge in [0.1, 0.15) is 6.04 Å². The number of rotatable bonds is 6. The number of carboxylic acid groups (broad SMARTS) is 1. The van der Waals surface area contributed by atoms with E-state index in [0.29, 0.717) is 12.0 Å². The van der Waals surface area contributed by atoms with E-state index in [2.05, 4.69) is 5.32 Å². The zero-order chi connectivity index (χ0) is 15.3. The molecule has 5 nitrogen and oxygen atoms in total. The van der Waals surface area contributed by atoms with Crippen LogP contribution in [0.3, 0.4) is 0 Å². The van der Waals surface area contributed by atoms with E-state index >= 15 is 0 Å². The Morgan fingerprint density at radius 3 is 2.50 bits per heavy atom. The van der Waals surface area contributed by atoms with Gasteiger partial charge in [-0.15, -0.1) is 0 Å². The summed E-state index contributed by atoms with van der Waals surface area (Å²) in [5.74, 6) is -1.48. The topological polar surface area (TPSA) is 69.6 Å². The van der Waals surface area contributed by atoms with Crippen molar-refractivity contribution in [3.05, 3.63) is 29.8 Å². The maximum Gasteiger partial charge on any atom is 0.326 e. The highest BCUT2D eigenvalue weighted by Crippen LogP contribution is 2.14. The molecule has 5 heteroatoms. The summed E-state index contributed by atoms with van der Waals surface area (Å²) in [5.41, 5.74) is 1.36. The normalized spacial score (nSPS) is 13.4. The number of anilines is 1. The minimum Gasteiger partial charge on any atom is -0.480 e. The Morgan fingerprint density at radius 1 is 1.35 bits per heavy atom. The first-order valence-corrected chi connectivity index (χ1v) is 6.67. The molecule has 0 heterocycles. The third-order valence-electron chi connectivity index (χ3n) is 3.39. The van der Waals surface area contributed by atoms with Crippen molar-refractivity contribution < 1.29 is 14.7 Å². The second-order valence-electron chi connectivity index (χ2n) is 5.12. The number of nitrogens with one attached hydrogen (secondary N) is 1. The molecule has 0 aromatic heterocycles. The summed E-state index contributed by atoms with van der Waals surface area (Å²) < 4.78 is 0. The molecule has 0 unspecified atom stereocenters. The van der Waals surface area contributed by atoms with Crippen molar-refractivity contribution >= 4 is 17.6 Å². The molecule has 0 aliphatic carbocycles. The van der Waals surface area contributed by atoms with Crippen molar-refractivity contribution in [3.63, 3.8) is 0 Å². The molecule has 0 aliphatic rings. The smallest absolute Gasteiger partial charge is 0.326 e. The van der Waals surface area contributed by atoms with Gasteiger partial charge >= 0.3 is 5.97 Å². The van der Waals surface area contributed by atoms with Crippen LogP contribution in [0.5, 0.6) is 0 Å². The molecular formula is C15H22N2O3. The van der Waals surface area contributed by atoms with Crippen LogP contribution in [0.25, 0.3) is 0 Å². The van der Waals surface area contributed by atoms with Gasteiger partial charge in [0, 0.05) is 25.3 Å². The molecule has 2 atom stereocenters. The molecule has 1 aromatic rings. The third kappa shape index (κ3) is 3.98. The molecule has 1 rings (SSSR count). The van der Waals surface area contributed by atoms with E-state index in [1.807, 2.05) is 38.9 Å². The first-order valence-electron chi connectivity index (χ1n) is 6.67. The Hall–Kier alpha value is -2.04. The highest BCUT2D eigenvalue weighted by atomic mass is 16.4. The van der Waals surface area contributed by atoms with Crippen LogP contribution in [0.4, 0.5) is 5.69 Å². The first kappa shape index (κ1) is 16.0. The number of aliphatic carboxylic acids is 1. The van der Waals surface area contributed by atoms with Crippen molar-refractivity contribution in [2.24, 2.45) is 5.92 Å². The lowest BCUT2D eigenvalue weighted by atomic mass is 9.99. The van der Waals surface area contributed by atoms with Gasteiger partial charge in [0.15, 0.2) is 0 Å². The van der Waals surface area contributed by atoms with Crippen LogP contribution in [0.2, 0.25) is 0 Å². The van der Waals surface area contributed by atoms with Crippen LogP contribution in [-0.4, -0.2) is 37.1 Å². The van der Waals surface area contributed by atoms with E-state index in [0.717, 1.165) is 5.69 Å². The van der Waals surface area contributed by atoms with Crippen LogP contribution in [0.15, 0.2) is 24.3 Å². The van der Waals surface area contributed by atoms with Gasteiger partial charge in [0.05, 0.1) is 0 Å². The summed E-state index contributed by atoms with van der Waals surface area (Å²) in [5, 5.41) is 11.8. The lowest BCUT2D eigenvalue weighted by Crippen LogP contribution is -2.45. The molecule has 0 aliphatic heterocycles. The van der Waals surface area contributed by atoms with E-state index in [1.54, 1.807) is 18.2 Å². The lowest BCUT2D eigenvalue weighted by molar-refractivity contribution is -0.140. The number of benzene rings is 1. The number of nitrogens with zero attached hydrogens (tertiary/aromatic N) is 1. The molecule has 0 saturated heterocycles. The first-order chi connectivity index (χ1) is 9.36. The molecule has 0 radical (unpaired) electrons. The maximum absolute atomic E-state index is 12.2. The molecule has 0 spiro atoms. The molecular weight excluding hydrogens is 256 g/mol. The fourth-order valence-corrected chi connectivity index (χ4v) is 1.83. The van der Waals surface area contributed by atoms with Gasteiger partial charge in [-0.25, -0.2) is 4.79 Å². The zero-order valence-corrected chi connectivity index (χ0v) is 12.4. The number of hydrogen-bond donors (Lipinski definition) is 2. The van der Waals surface area contributed by atoms with Crippen LogP contribution >= 0.6 is 0 Å². The van der Waals surface area contributed by atoms with Crippen molar-refractivity contribution in [1.82, 2.24) is 5.32 Å². The molecule has 110 valence electrons. The second kappa shape index (κ2) is 6.93. The van der Waals surface area contributed by atoms with Gasteiger partial charge < -0.3 is 15.3 Å². The summed E-state index contributed by atoms with van der Waals surface area (Å²) in [6, 6.07) is 6.22. The van der Waals surface area contributed by atoms with Crippen LogP contribution < -0.4 is 10.2 Å². The van der Waals surface area contributed by atoms with Crippen molar-refractivity contribution in [2.75, 3.05) is 19.0 Å². The van der Waals surface area contributed by atoms with Crippen LogP contribution in [0.1, 0.15) is 30.6 Å². The Morgan fingerprint density at radius 2 is 2.00 bits per heavy atom. The van der Waals surface area contributed by atoms with Gasteiger partial charge in [-0.3, -0.25) is 4.79 Å². The second-order valence-corrected chi connectivity index (χ2v) is 5.12. The summed E-state index contributed by atoms with van der Waals surface area (Å²) in [4.78, 5) is 25.3. The fraction of sp³-hybridized carbons (Fsp3) is 0.467. The Balaban J connectivity index is 2.89. The monoisotopic (exact) mass is 278 g/mol. The lowest BCUT2D eigenvalue weighted by Gasteiger charge is -2.20. The highest BCUT2D eigenvalue weighted by molar-refractivity contribution is 5.97. The molecule has 0 bridgehead atoms. The number of amides is 1. The van der Waals surface area contributed by atoms with E-state index in [-0.39, 0.29) is 11.8 Å². The Bertz CT molecular complexity index is 486. The summed E-state index contributed by atoms with van der Waals surface area (Å²) in [6.45, 7) is 3.72. The maximum atomic E-state index is 12.2. The quantitative estimate of drug-likeness (QED) is 0.835. The number of hydrogen-bond acceptors (Lipinski definition) is 3. The fourth-order valence-electron chi connectivity index (χ4n) is 1.83. The number of carbonyl (C=O) groups is 2. The SMILES string of the molecule is CC[C@H](C)[C@H](NC(=O)c1cccc(N(C)C)c1)C(=O)O. The van der Waals surface area contributed by atoms with Crippen LogP contribution in [0, 0.1) is 5.92 Å². The summed E-state index contributed by atoms with van der Waals surface area (Å²) >= 11 is 0. The molecule has 1 aromatic carbocycles. The van der Waals surface area contributed by atoms with Gasteiger partial charge in [-0.2, -0.15) is 0 Å². The molecule has 1 amide bonds. The van der Waals surface area contributed by atoms with Crippen molar-refractivity contribution in [1.29, 1.82) is 0 Å². The minimum atomic E-state index is -1.00. The predicted molar refractivity (Wildman–Crippen MR) is 79.1 cm³/mol. The van der Waals surface area contributed by atoms with E-state index in [9.17, 15) is 14.7 Å². The third-order valence-corrected chi connectivity index (χ3v) is 3.39. The average molecular weight is 278 g/mol. The van der Waals surface area contributed by atoms with Gasteiger partial charge in [-0.1, -0.05) is 26.3 Å². The standard InChI is InChI=1S/C15H22N2O3/c1-5-10(2)13(15(19)20)16-14(18)11-7-6-8-12(9-11)17(3)4/h6-10,13H,5H2,1-4H3,(H,16,18)(H,19,20)/t10-,13-/m0/s1. The largest absolute Gasteiger partial charge is 0.480 e.